The third-order valence-electron chi connectivity index (χ3n) is 2.70. The van der Waals surface area contributed by atoms with Crippen molar-refractivity contribution < 1.29 is 28.6 Å². The maximum atomic E-state index is 12.1. The molecule has 0 spiro atoms. The molecule has 0 atom stereocenters. The van der Waals surface area contributed by atoms with Gasteiger partial charge in [0.1, 0.15) is 0 Å². The summed E-state index contributed by atoms with van der Waals surface area (Å²) in [7, 11) is 0. The Hall–Kier alpha value is -1.63. The summed E-state index contributed by atoms with van der Waals surface area (Å²) in [6.45, 7) is 5.07. The summed E-state index contributed by atoms with van der Waals surface area (Å²) in [4.78, 5) is 36.9. The van der Waals surface area contributed by atoms with Gasteiger partial charge >= 0.3 is 17.7 Å². The minimum atomic E-state index is -2.10. The first-order valence-corrected chi connectivity index (χ1v) is 6.27. The van der Waals surface area contributed by atoms with Crippen molar-refractivity contribution in [3.05, 3.63) is 0 Å². The minimum absolute atomic E-state index is 0.0785. The third-order valence-corrected chi connectivity index (χ3v) is 2.70. The molecule has 0 N–H and O–H groups in total. The lowest BCUT2D eigenvalue weighted by molar-refractivity contribution is -0.228. The number of esters is 2. The van der Waals surface area contributed by atoms with Crippen LogP contribution in [-0.2, 0) is 28.6 Å². The van der Waals surface area contributed by atoms with E-state index in [9.17, 15) is 14.4 Å². The summed E-state index contributed by atoms with van der Waals surface area (Å²) in [5.41, 5.74) is -2.10. The van der Waals surface area contributed by atoms with Crippen LogP contribution >= 0.6 is 0 Å². The number of rotatable bonds is 4. The Balaban J connectivity index is 3.17. The molecule has 0 unspecified atom stereocenters. The molecular weight excluding hydrogens is 254 g/mol. The van der Waals surface area contributed by atoms with Crippen LogP contribution in [0, 0.1) is 0 Å². The highest BCUT2D eigenvalue weighted by Crippen LogP contribution is 2.26. The Morgan fingerprint density at radius 2 is 1.68 bits per heavy atom. The van der Waals surface area contributed by atoms with Crippen molar-refractivity contribution in [1.82, 2.24) is 4.90 Å². The molecule has 1 aliphatic rings. The molecule has 1 fully saturated rings. The lowest BCUT2D eigenvalue weighted by atomic mass is 10.1. The largest absolute Gasteiger partial charge is 0.462 e. The molecule has 0 saturated carbocycles. The molecule has 0 aliphatic carbocycles. The summed E-state index contributed by atoms with van der Waals surface area (Å²) in [5, 5.41) is 0. The molecule has 1 amide bonds. The van der Waals surface area contributed by atoms with Crippen LogP contribution in [0.5, 0.6) is 0 Å². The van der Waals surface area contributed by atoms with Crippen LogP contribution in [0.3, 0.4) is 0 Å². The fourth-order valence-corrected chi connectivity index (χ4v) is 1.94. The Bertz CT molecular complexity index is 349. The van der Waals surface area contributed by atoms with Gasteiger partial charge < -0.3 is 14.2 Å². The molecule has 0 aromatic rings. The molecule has 7 nitrogen and oxygen atoms in total. The lowest BCUT2D eigenvalue weighted by Crippen LogP contribution is -2.67. The number of carbonyl (C=O) groups is 3. The van der Waals surface area contributed by atoms with E-state index >= 15 is 0 Å². The summed E-state index contributed by atoms with van der Waals surface area (Å²) >= 11 is 0. The van der Waals surface area contributed by atoms with E-state index in [-0.39, 0.29) is 26.4 Å². The van der Waals surface area contributed by atoms with Crippen LogP contribution in [0.4, 0.5) is 0 Å². The van der Waals surface area contributed by atoms with E-state index in [1.165, 1.54) is 6.92 Å². The number of hydrogen-bond donors (Lipinski definition) is 0. The van der Waals surface area contributed by atoms with E-state index in [1.807, 2.05) is 0 Å². The summed E-state index contributed by atoms with van der Waals surface area (Å²) < 4.78 is 15.1. The normalized spacial score (nSPS) is 17.7. The molecule has 0 aromatic carbocycles. The van der Waals surface area contributed by atoms with Gasteiger partial charge in [0.25, 0.3) is 0 Å². The van der Waals surface area contributed by atoms with Gasteiger partial charge in [0.15, 0.2) is 0 Å². The molecule has 1 saturated heterocycles. The van der Waals surface area contributed by atoms with Crippen LogP contribution in [-0.4, -0.2) is 54.8 Å². The van der Waals surface area contributed by atoms with E-state index in [2.05, 4.69) is 0 Å². The fourth-order valence-electron chi connectivity index (χ4n) is 1.94. The Morgan fingerprint density at radius 1 is 1.16 bits per heavy atom. The van der Waals surface area contributed by atoms with Crippen molar-refractivity contribution in [2.24, 2.45) is 0 Å². The van der Waals surface area contributed by atoms with Crippen molar-refractivity contribution in [3.63, 3.8) is 0 Å². The SMILES string of the molecule is CCOC(=O)C1(C(=O)OCC)OCCCN1C(C)=O. The molecule has 7 heteroatoms. The molecule has 108 valence electrons. The predicted molar refractivity (Wildman–Crippen MR) is 64.0 cm³/mol. The minimum Gasteiger partial charge on any atom is -0.462 e. The van der Waals surface area contributed by atoms with E-state index in [4.69, 9.17) is 14.2 Å². The molecule has 1 rings (SSSR count). The second-order valence-electron chi connectivity index (χ2n) is 3.96. The monoisotopic (exact) mass is 273 g/mol. The summed E-state index contributed by atoms with van der Waals surface area (Å²) in [6.07, 6.45) is 0.542. The molecule has 0 radical (unpaired) electrons. The topological polar surface area (TPSA) is 82.1 Å². The van der Waals surface area contributed by atoms with E-state index in [1.54, 1.807) is 13.8 Å². The van der Waals surface area contributed by atoms with E-state index in [0.29, 0.717) is 6.42 Å². The zero-order valence-electron chi connectivity index (χ0n) is 11.4. The average molecular weight is 273 g/mol. The fraction of sp³-hybridized carbons (Fsp3) is 0.750. The van der Waals surface area contributed by atoms with Gasteiger partial charge in [-0.05, 0) is 20.3 Å². The van der Waals surface area contributed by atoms with Crippen LogP contribution in [0.1, 0.15) is 27.2 Å². The smallest absolute Gasteiger partial charge is 0.372 e. The molecule has 19 heavy (non-hydrogen) atoms. The van der Waals surface area contributed by atoms with Gasteiger partial charge in [0, 0.05) is 13.5 Å². The zero-order chi connectivity index (χ0) is 14.5. The first-order valence-electron chi connectivity index (χ1n) is 6.27. The number of hydrogen-bond acceptors (Lipinski definition) is 6. The van der Waals surface area contributed by atoms with Crippen LogP contribution in [0.2, 0.25) is 0 Å². The van der Waals surface area contributed by atoms with E-state index in [0.717, 1.165) is 4.90 Å². The number of carbonyl (C=O) groups excluding carboxylic acids is 3. The first-order chi connectivity index (χ1) is 9.00. The van der Waals surface area contributed by atoms with Gasteiger partial charge in [-0.2, -0.15) is 0 Å². The molecular formula is C12H19NO6. The zero-order valence-corrected chi connectivity index (χ0v) is 11.4. The highest BCUT2D eigenvalue weighted by molar-refractivity contribution is 6.06. The van der Waals surface area contributed by atoms with Crippen molar-refractivity contribution >= 4 is 17.8 Å². The van der Waals surface area contributed by atoms with Gasteiger partial charge in [-0.1, -0.05) is 0 Å². The highest BCUT2D eigenvalue weighted by atomic mass is 16.6. The maximum Gasteiger partial charge on any atom is 0.372 e. The molecule has 1 aliphatic heterocycles. The van der Waals surface area contributed by atoms with Gasteiger partial charge in [-0.15, -0.1) is 0 Å². The van der Waals surface area contributed by atoms with Crippen LogP contribution in [0.15, 0.2) is 0 Å². The first kappa shape index (κ1) is 15.4. The quantitative estimate of drug-likeness (QED) is 0.533. The average Bonchev–Trinajstić information content (AvgIpc) is 2.38. The van der Waals surface area contributed by atoms with Crippen LogP contribution in [0.25, 0.3) is 0 Å². The number of amides is 1. The molecule has 0 aromatic heterocycles. The number of nitrogens with zero attached hydrogens (tertiary/aromatic N) is 1. The Labute approximate surface area is 111 Å². The summed E-state index contributed by atoms with van der Waals surface area (Å²) in [6, 6.07) is 0. The third kappa shape index (κ3) is 2.86. The van der Waals surface area contributed by atoms with Gasteiger partial charge in [0.05, 0.1) is 19.8 Å². The second-order valence-corrected chi connectivity index (χ2v) is 3.96. The van der Waals surface area contributed by atoms with E-state index < -0.39 is 23.6 Å². The molecule has 1 heterocycles. The highest BCUT2D eigenvalue weighted by Gasteiger charge is 2.58. The second kappa shape index (κ2) is 6.51. The van der Waals surface area contributed by atoms with Crippen molar-refractivity contribution in [3.8, 4) is 0 Å². The Morgan fingerprint density at radius 3 is 2.11 bits per heavy atom. The van der Waals surface area contributed by atoms with Crippen molar-refractivity contribution in [1.29, 1.82) is 0 Å². The standard InChI is InChI=1S/C12H19NO6/c1-4-17-10(15)12(11(16)18-5-2)13(9(3)14)7-6-8-19-12/h4-8H2,1-3H3. The Kier molecular flexibility index (Phi) is 5.29. The van der Waals surface area contributed by atoms with Crippen molar-refractivity contribution in [2.75, 3.05) is 26.4 Å². The van der Waals surface area contributed by atoms with Crippen molar-refractivity contribution in [2.45, 2.75) is 32.9 Å². The van der Waals surface area contributed by atoms with Gasteiger partial charge in [-0.3, -0.25) is 9.69 Å². The summed E-state index contributed by atoms with van der Waals surface area (Å²) in [5.74, 6) is -2.27. The van der Waals surface area contributed by atoms with Crippen LogP contribution < -0.4 is 0 Å². The maximum absolute atomic E-state index is 12.1. The van der Waals surface area contributed by atoms with Gasteiger partial charge in [0.2, 0.25) is 5.91 Å². The number of ether oxygens (including phenoxy) is 3. The lowest BCUT2D eigenvalue weighted by Gasteiger charge is -2.41. The van der Waals surface area contributed by atoms with Gasteiger partial charge in [-0.25, -0.2) is 9.59 Å². The molecule has 0 bridgehead atoms. The predicted octanol–water partition coefficient (Wildman–Crippen LogP) is 0.0777.